The first-order valence-electron chi connectivity index (χ1n) is 6.05. The molecule has 0 aliphatic rings. The number of rotatable bonds is 1. The third-order valence-electron chi connectivity index (χ3n) is 2.99. The van der Waals surface area contributed by atoms with Gasteiger partial charge >= 0.3 is 6.18 Å². The van der Waals surface area contributed by atoms with Gasteiger partial charge in [-0.05, 0) is 25.1 Å². The first-order valence-corrected chi connectivity index (χ1v) is 6.43. The van der Waals surface area contributed by atoms with Crippen molar-refractivity contribution in [3.8, 4) is 11.3 Å². The minimum Gasteiger partial charge on any atom is -0.234 e. The molecule has 0 amide bonds. The number of hydrogen-bond donors (Lipinski definition) is 0. The molecule has 0 atom stereocenters. The van der Waals surface area contributed by atoms with Gasteiger partial charge in [0.1, 0.15) is 5.69 Å². The minimum absolute atomic E-state index is 0.160. The lowest BCUT2D eigenvalue weighted by Gasteiger charge is -2.09. The lowest BCUT2D eigenvalue weighted by atomic mass is 10.2. The van der Waals surface area contributed by atoms with Crippen molar-refractivity contribution in [2.45, 2.75) is 13.1 Å². The van der Waals surface area contributed by atoms with E-state index in [1.165, 1.54) is 13.0 Å². The second-order valence-electron chi connectivity index (χ2n) is 4.59. The van der Waals surface area contributed by atoms with Crippen LogP contribution in [0.3, 0.4) is 0 Å². The molecule has 0 spiro atoms. The highest BCUT2D eigenvalue weighted by molar-refractivity contribution is 6.30. The summed E-state index contributed by atoms with van der Waals surface area (Å²) in [6.07, 6.45) is -4.49. The fraction of sp³-hybridized carbons (Fsp3) is 0.143. The average Bonchev–Trinajstić information content (AvgIpc) is 2.80. The summed E-state index contributed by atoms with van der Waals surface area (Å²) in [5.74, 6) is 0. The molecular weight excluding hydrogens is 303 g/mol. The summed E-state index contributed by atoms with van der Waals surface area (Å²) >= 11 is 5.80. The topological polar surface area (TPSA) is 30.2 Å². The highest BCUT2D eigenvalue weighted by atomic mass is 35.5. The van der Waals surface area contributed by atoms with E-state index in [9.17, 15) is 13.2 Å². The summed E-state index contributed by atoms with van der Waals surface area (Å²) in [6, 6.07) is 9.21. The molecule has 0 bridgehead atoms. The summed E-state index contributed by atoms with van der Waals surface area (Å²) in [5, 5.41) is 4.56. The van der Waals surface area contributed by atoms with Crippen molar-refractivity contribution < 1.29 is 13.2 Å². The van der Waals surface area contributed by atoms with E-state index in [2.05, 4.69) is 10.1 Å². The van der Waals surface area contributed by atoms with Gasteiger partial charge in [-0.15, -0.1) is 0 Å². The highest BCUT2D eigenvalue weighted by Crippen LogP contribution is 2.31. The maximum absolute atomic E-state index is 13.1. The minimum atomic E-state index is -4.49. The molecule has 3 aromatic rings. The Morgan fingerprint density at radius 3 is 2.38 bits per heavy atom. The monoisotopic (exact) mass is 311 g/mol. The van der Waals surface area contributed by atoms with Crippen molar-refractivity contribution >= 4 is 17.2 Å². The highest BCUT2D eigenvalue weighted by Gasteiger charge is 2.34. The normalized spacial score (nSPS) is 12.0. The van der Waals surface area contributed by atoms with Crippen LogP contribution in [0, 0.1) is 6.92 Å². The van der Waals surface area contributed by atoms with Crippen LogP contribution in [-0.4, -0.2) is 14.6 Å². The lowest BCUT2D eigenvalue weighted by molar-refractivity contribution is -0.142. The number of aromatic nitrogens is 3. The Kier molecular flexibility index (Phi) is 3.13. The zero-order chi connectivity index (χ0) is 15.2. The molecule has 3 rings (SSSR count). The Hall–Kier alpha value is -2.08. The van der Waals surface area contributed by atoms with Gasteiger partial charge in [-0.3, -0.25) is 0 Å². The molecular formula is C14H9ClF3N3. The van der Waals surface area contributed by atoms with E-state index in [0.717, 1.165) is 10.6 Å². The number of benzene rings is 1. The quantitative estimate of drug-likeness (QED) is 0.667. The number of alkyl halides is 3. The van der Waals surface area contributed by atoms with E-state index in [1.807, 2.05) is 0 Å². The van der Waals surface area contributed by atoms with Gasteiger partial charge in [0, 0.05) is 22.3 Å². The SMILES string of the molecule is Cc1cc(C(F)(F)F)n2nc(-c3ccc(Cl)cc3)cc2n1. The van der Waals surface area contributed by atoms with Crippen LogP contribution in [0.1, 0.15) is 11.4 Å². The maximum Gasteiger partial charge on any atom is 0.433 e. The summed E-state index contributed by atoms with van der Waals surface area (Å²) in [6.45, 7) is 1.52. The number of halogens is 4. The average molecular weight is 312 g/mol. The molecule has 21 heavy (non-hydrogen) atoms. The summed E-state index contributed by atoms with van der Waals surface area (Å²) < 4.78 is 40.0. The fourth-order valence-corrected chi connectivity index (χ4v) is 2.19. The fourth-order valence-electron chi connectivity index (χ4n) is 2.06. The Labute approximate surface area is 123 Å². The van der Waals surface area contributed by atoms with E-state index in [1.54, 1.807) is 24.3 Å². The smallest absolute Gasteiger partial charge is 0.234 e. The standard InChI is InChI=1S/C14H9ClF3N3/c1-8-6-12(14(16,17)18)21-13(19-8)7-11(20-21)9-2-4-10(15)5-3-9/h2-7H,1H3. The van der Waals surface area contributed by atoms with Gasteiger partial charge in [-0.1, -0.05) is 23.7 Å². The molecule has 108 valence electrons. The van der Waals surface area contributed by atoms with Crippen LogP contribution < -0.4 is 0 Å². The van der Waals surface area contributed by atoms with Gasteiger partial charge in [0.2, 0.25) is 0 Å². The number of aryl methyl sites for hydroxylation is 1. The van der Waals surface area contributed by atoms with Crippen molar-refractivity contribution in [2.24, 2.45) is 0 Å². The number of nitrogens with zero attached hydrogens (tertiary/aromatic N) is 3. The molecule has 7 heteroatoms. The van der Waals surface area contributed by atoms with Crippen LogP contribution in [0.2, 0.25) is 5.02 Å². The summed E-state index contributed by atoms with van der Waals surface area (Å²) in [5.41, 5.74) is 0.695. The van der Waals surface area contributed by atoms with Gasteiger partial charge in [0.15, 0.2) is 5.65 Å². The van der Waals surface area contributed by atoms with Crippen LogP contribution in [0.5, 0.6) is 0 Å². The van der Waals surface area contributed by atoms with Crippen LogP contribution in [-0.2, 0) is 6.18 Å². The molecule has 2 aromatic heterocycles. The van der Waals surface area contributed by atoms with Gasteiger partial charge in [0.05, 0.1) is 5.69 Å². The van der Waals surface area contributed by atoms with Gasteiger partial charge in [-0.2, -0.15) is 18.3 Å². The molecule has 0 aliphatic heterocycles. The molecule has 0 aliphatic carbocycles. The van der Waals surface area contributed by atoms with Gasteiger partial charge < -0.3 is 0 Å². The molecule has 0 saturated carbocycles. The second kappa shape index (κ2) is 4.73. The third-order valence-corrected chi connectivity index (χ3v) is 3.24. The summed E-state index contributed by atoms with van der Waals surface area (Å²) in [4.78, 5) is 4.09. The molecule has 0 fully saturated rings. The van der Waals surface area contributed by atoms with Gasteiger partial charge in [0.25, 0.3) is 0 Å². The van der Waals surface area contributed by atoms with Crippen LogP contribution in [0.15, 0.2) is 36.4 Å². The van der Waals surface area contributed by atoms with E-state index < -0.39 is 11.9 Å². The lowest BCUT2D eigenvalue weighted by Crippen LogP contribution is -2.13. The molecule has 0 saturated heterocycles. The third kappa shape index (κ3) is 2.58. The van der Waals surface area contributed by atoms with Crippen molar-refractivity contribution in [2.75, 3.05) is 0 Å². The zero-order valence-electron chi connectivity index (χ0n) is 10.8. The molecule has 1 aromatic carbocycles. The van der Waals surface area contributed by atoms with E-state index in [4.69, 9.17) is 11.6 Å². The second-order valence-corrected chi connectivity index (χ2v) is 5.02. The Bertz CT molecular complexity index is 807. The van der Waals surface area contributed by atoms with E-state index in [-0.39, 0.29) is 11.3 Å². The molecule has 0 radical (unpaired) electrons. The maximum atomic E-state index is 13.1. The van der Waals surface area contributed by atoms with E-state index in [0.29, 0.717) is 16.3 Å². The Morgan fingerprint density at radius 2 is 1.76 bits per heavy atom. The van der Waals surface area contributed by atoms with Crippen molar-refractivity contribution in [1.29, 1.82) is 0 Å². The van der Waals surface area contributed by atoms with Crippen molar-refractivity contribution in [1.82, 2.24) is 14.6 Å². The number of hydrogen-bond acceptors (Lipinski definition) is 2. The first kappa shape index (κ1) is 13.9. The van der Waals surface area contributed by atoms with Crippen LogP contribution in [0.25, 0.3) is 16.9 Å². The molecule has 2 heterocycles. The van der Waals surface area contributed by atoms with Crippen molar-refractivity contribution in [3.05, 3.63) is 52.8 Å². The Balaban J connectivity index is 2.22. The summed E-state index contributed by atoms with van der Waals surface area (Å²) in [7, 11) is 0. The van der Waals surface area contributed by atoms with Crippen LogP contribution in [0.4, 0.5) is 13.2 Å². The number of fused-ring (bicyclic) bond motifs is 1. The Morgan fingerprint density at radius 1 is 1.10 bits per heavy atom. The predicted molar refractivity (Wildman–Crippen MR) is 73.2 cm³/mol. The predicted octanol–water partition coefficient (Wildman–Crippen LogP) is 4.38. The van der Waals surface area contributed by atoms with E-state index >= 15 is 0 Å². The van der Waals surface area contributed by atoms with Gasteiger partial charge in [-0.25, -0.2) is 9.50 Å². The van der Waals surface area contributed by atoms with Crippen molar-refractivity contribution in [3.63, 3.8) is 0 Å². The largest absolute Gasteiger partial charge is 0.433 e. The zero-order valence-corrected chi connectivity index (χ0v) is 11.6. The van der Waals surface area contributed by atoms with Crippen LogP contribution >= 0.6 is 11.6 Å². The first-order chi connectivity index (χ1) is 9.84. The molecule has 0 unspecified atom stereocenters. The molecule has 3 nitrogen and oxygen atoms in total. The molecule has 0 N–H and O–H groups in total.